The quantitative estimate of drug-likeness (QED) is 0.637. The van der Waals surface area contributed by atoms with E-state index in [9.17, 15) is 13.2 Å². The number of benzene rings is 2. The van der Waals surface area contributed by atoms with Gasteiger partial charge in [0.2, 0.25) is 10.0 Å². The summed E-state index contributed by atoms with van der Waals surface area (Å²) in [6, 6.07) is 13.6. The largest absolute Gasteiger partial charge is 0.369 e. The molecule has 1 spiro atoms. The van der Waals surface area contributed by atoms with Crippen molar-refractivity contribution in [3.8, 4) is 11.1 Å². The van der Waals surface area contributed by atoms with Gasteiger partial charge < -0.3 is 9.64 Å². The summed E-state index contributed by atoms with van der Waals surface area (Å²) in [5.41, 5.74) is 1.41. The fourth-order valence-corrected chi connectivity index (χ4v) is 5.90. The molecule has 1 saturated carbocycles. The van der Waals surface area contributed by atoms with Crippen LogP contribution in [0.4, 0.5) is 4.39 Å². The number of amides is 1. The van der Waals surface area contributed by atoms with Crippen molar-refractivity contribution in [1.29, 1.82) is 0 Å². The molecule has 3 atom stereocenters. The molecule has 1 saturated heterocycles. The number of nitrogens with one attached hydrogen (secondary N) is 1. The second kappa shape index (κ2) is 9.16. The monoisotopic (exact) mass is 474 g/mol. The molecular weight excluding hydrogens is 443 g/mol. The number of nitrogens with zero attached hydrogens (tertiary/aromatic N) is 1. The number of rotatable bonds is 8. The summed E-state index contributed by atoms with van der Waals surface area (Å²) in [6.45, 7) is 4.37. The molecule has 1 heterocycles. The lowest BCUT2D eigenvalue weighted by molar-refractivity contribution is -0.143. The van der Waals surface area contributed by atoms with E-state index in [0.29, 0.717) is 24.3 Å². The Bertz CT molecular complexity index is 1120. The van der Waals surface area contributed by atoms with Gasteiger partial charge in [-0.3, -0.25) is 4.79 Å². The molecule has 2 aromatic rings. The standard InChI is InChI=1S/C25H31FN2O4S/c1-4-32-17(2)24(29)28-16-25(13-14-25)23(27-33(3,30)31)21(28)15-19-11-8-12-20(22(19)26)18-9-6-5-7-10-18/h5-12,17,21,23,27H,4,13-16H2,1-3H3/t17?,21-,23+/m0/s1. The highest BCUT2D eigenvalue weighted by Crippen LogP contribution is 2.55. The zero-order valence-electron chi connectivity index (χ0n) is 19.3. The second-order valence-electron chi connectivity index (χ2n) is 9.21. The SMILES string of the molecule is CCOC(C)C(=O)N1CC2(CC2)[C@H](NS(C)(=O)=O)[C@@H]1Cc1cccc(-c2ccccc2)c1F. The van der Waals surface area contributed by atoms with Crippen LogP contribution in [-0.4, -0.2) is 56.8 Å². The Morgan fingerprint density at radius 1 is 1.21 bits per heavy atom. The lowest BCUT2D eigenvalue weighted by Gasteiger charge is -2.31. The van der Waals surface area contributed by atoms with Gasteiger partial charge in [-0.2, -0.15) is 0 Å². The third-order valence-electron chi connectivity index (χ3n) is 6.80. The van der Waals surface area contributed by atoms with Crippen LogP contribution in [0.15, 0.2) is 48.5 Å². The van der Waals surface area contributed by atoms with E-state index in [1.807, 2.05) is 37.3 Å². The van der Waals surface area contributed by atoms with Crippen LogP contribution in [0.25, 0.3) is 11.1 Å². The van der Waals surface area contributed by atoms with Gasteiger partial charge in [0, 0.05) is 30.2 Å². The van der Waals surface area contributed by atoms with Crippen LogP contribution in [0.5, 0.6) is 0 Å². The summed E-state index contributed by atoms with van der Waals surface area (Å²) in [6.07, 6.45) is 2.35. The lowest BCUT2D eigenvalue weighted by Crippen LogP contribution is -2.51. The van der Waals surface area contributed by atoms with Crippen molar-refractivity contribution in [1.82, 2.24) is 9.62 Å². The maximum Gasteiger partial charge on any atom is 0.251 e. The fraction of sp³-hybridized carbons (Fsp3) is 0.480. The van der Waals surface area contributed by atoms with Crippen molar-refractivity contribution >= 4 is 15.9 Å². The highest BCUT2D eigenvalue weighted by atomic mass is 32.2. The average molecular weight is 475 g/mol. The first-order chi connectivity index (χ1) is 15.6. The molecule has 2 aromatic carbocycles. The van der Waals surface area contributed by atoms with Gasteiger partial charge >= 0.3 is 0 Å². The van der Waals surface area contributed by atoms with E-state index in [4.69, 9.17) is 4.74 Å². The smallest absolute Gasteiger partial charge is 0.251 e. The number of likely N-dealkylation sites (tertiary alicyclic amines) is 1. The van der Waals surface area contributed by atoms with Crippen LogP contribution in [0.1, 0.15) is 32.3 Å². The molecule has 2 fully saturated rings. The molecule has 0 bridgehead atoms. The van der Waals surface area contributed by atoms with Crippen LogP contribution in [0.3, 0.4) is 0 Å². The van der Waals surface area contributed by atoms with Crippen LogP contribution in [-0.2, 0) is 26.0 Å². The van der Waals surface area contributed by atoms with Crippen molar-refractivity contribution in [2.75, 3.05) is 19.4 Å². The maximum atomic E-state index is 15.6. The van der Waals surface area contributed by atoms with Gasteiger partial charge in [-0.15, -0.1) is 0 Å². The Hall–Kier alpha value is -2.29. The highest BCUT2D eigenvalue weighted by molar-refractivity contribution is 7.88. The normalized spacial score (nSPS) is 22.5. The van der Waals surface area contributed by atoms with Gasteiger partial charge in [-0.25, -0.2) is 17.5 Å². The predicted octanol–water partition coefficient (Wildman–Crippen LogP) is 3.37. The Balaban J connectivity index is 1.71. The van der Waals surface area contributed by atoms with Gasteiger partial charge in [0.1, 0.15) is 11.9 Å². The number of ether oxygens (including phenoxy) is 1. The highest BCUT2D eigenvalue weighted by Gasteiger charge is 2.61. The predicted molar refractivity (Wildman–Crippen MR) is 126 cm³/mol. The van der Waals surface area contributed by atoms with E-state index in [-0.39, 0.29) is 23.6 Å². The molecule has 1 aliphatic heterocycles. The average Bonchev–Trinajstić information content (AvgIpc) is 3.50. The molecule has 0 radical (unpaired) electrons. The molecule has 1 N–H and O–H groups in total. The van der Waals surface area contributed by atoms with Crippen molar-refractivity contribution in [3.05, 3.63) is 59.9 Å². The van der Waals surface area contributed by atoms with Crippen LogP contribution in [0, 0.1) is 11.2 Å². The molecule has 178 valence electrons. The zero-order chi connectivity index (χ0) is 23.8. The minimum absolute atomic E-state index is 0.189. The van der Waals surface area contributed by atoms with Crippen LogP contribution >= 0.6 is 0 Å². The molecule has 4 rings (SSSR count). The van der Waals surface area contributed by atoms with E-state index in [0.717, 1.165) is 24.7 Å². The van der Waals surface area contributed by atoms with Gasteiger partial charge in [0.15, 0.2) is 0 Å². The van der Waals surface area contributed by atoms with Gasteiger partial charge in [-0.1, -0.05) is 48.5 Å². The molecule has 1 unspecified atom stereocenters. The molecule has 33 heavy (non-hydrogen) atoms. The van der Waals surface area contributed by atoms with Crippen LogP contribution in [0.2, 0.25) is 0 Å². The maximum absolute atomic E-state index is 15.6. The number of hydrogen-bond donors (Lipinski definition) is 1. The summed E-state index contributed by atoms with van der Waals surface area (Å²) in [7, 11) is -3.52. The minimum atomic E-state index is -3.52. The van der Waals surface area contributed by atoms with Crippen molar-refractivity contribution < 1.29 is 22.3 Å². The van der Waals surface area contributed by atoms with E-state index < -0.39 is 28.2 Å². The molecule has 1 aliphatic carbocycles. The summed E-state index contributed by atoms with van der Waals surface area (Å²) < 4.78 is 48.4. The Morgan fingerprint density at radius 2 is 1.91 bits per heavy atom. The first-order valence-corrected chi connectivity index (χ1v) is 13.3. The van der Waals surface area contributed by atoms with Crippen LogP contribution < -0.4 is 4.72 Å². The van der Waals surface area contributed by atoms with Gasteiger partial charge in [0.05, 0.1) is 12.3 Å². The molecule has 8 heteroatoms. The van der Waals surface area contributed by atoms with E-state index in [1.54, 1.807) is 30.0 Å². The first kappa shape index (κ1) is 23.9. The van der Waals surface area contributed by atoms with Crippen molar-refractivity contribution in [2.24, 2.45) is 5.41 Å². The summed E-state index contributed by atoms with van der Waals surface area (Å²) in [4.78, 5) is 15.0. The Labute approximate surface area is 195 Å². The summed E-state index contributed by atoms with van der Waals surface area (Å²) >= 11 is 0. The Kier molecular flexibility index (Phi) is 6.62. The molecule has 6 nitrogen and oxygen atoms in total. The Morgan fingerprint density at radius 3 is 2.52 bits per heavy atom. The summed E-state index contributed by atoms with van der Waals surface area (Å²) in [5, 5.41) is 0. The van der Waals surface area contributed by atoms with E-state index in [2.05, 4.69) is 4.72 Å². The van der Waals surface area contributed by atoms with Crippen molar-refractivity contribution in [2.45, 2.75) is 51.3 Å². The second-order valence-corrected chi connectivity index (χ2v) is 11.0. The number of carbonyl (C=O) groups is 1. The van der Waals surface area contributed by atoms with Gasteiger partial charge in [0.25, 0.3) is 5.91 Å². The number of carbonyl (C=O) groups excluding carboxylic acids is 1. The van der Waals surface area contributed by atoms with Gasteiger partial charge in [-0.05, 0) is 44.2 Å². The molecular formula is C25H31FN2O4S. The molecule has 0 aromatic heterocycles. The van der Waals surface area contributed by atoms with E-state index in [1.165, 1.54) is 0 Å². The van der Waals surface area contributed by atoms with Crippen molar-refractivity contribution in [3.63, 3.8) is 0 Å². The summed E-state index contributed by atoms with van der Waals surface area (Å²) in [5.74, 6) is -0.533. The number of halogens is 1. The molecule has 1 amide bonds. The minimum Gasteiger partial charge on any atom is -0.369 e. The topological polar surface area (TPSA) is 75.7 Å². The number of hydrogen-bond acceptors (Lipinski definition) is 4. The molecule has 2 aliphatic rings. The lowest BCUT2D eigenvalue weighted by atomic mass is 9.91. The zero-order valence-corrected chi connectivity index (χ0v) is 20.1. The fourth-order valence-electron chi connectivity index (χ4n) is 5.03. The third-order valence-corrected chi connectivity index (χ3v) is 7.49. The third kappa shape index (κ3) is 4.98. The number of sulfonamides is 1. The van der Waals surface area contributed by atoms with E-state index >= 15 is 4.39 Å². The first-order valence-electron chi connectivity index (χ1n) is 11.4.